The van der Waals surface area contributed by atoms with E-state index in [9.17, 15) is 0 Å². The summed E-state index contributed by atoms with van der Waals surface area (Å²) in [7, 11) is 0. The third kappa shape index (κ3) is 2.15. The Balaban J connectivity index is 2.22. The number of nitrogens with one attached hydrogen (secondary N) is 1. The van der Waals surface area contributed by atoms with Gasteiger partial charge in [-0.05, 0) is 6.07 Å². The van der Waals surface area contributed by atoms with Gasteiger partial charge in [0.2, 0.25) is 6.79 Å². The lowest BCUT2D eigenvalue weighted by Gasteiger charge is -2.10. The van der Waals surface area contributed by atoms with Gasteiger partial charge in [0.15, 0.2) is 11.5 Å². The lowest BCUT2D eigenvalue weighted by Crippen LogP contribution is -2.22. The van der Waals surface area contributed by atoms with E-state index in [0.29, 0.717) is 11.7 Å². The average molecular weight is 208 g/mol. The van der Waals surface area contributed by atoms with E-state index in [-0.39, 0.29) is 6.79 Å². The minimum absolute atomic E-state index is 0.285. The minimum atomic E-state index is 0.285. The Bertz CT molecular complexity index is 364. The van der Waals surface area contributed by atoms with Crippen molar-refractivity contribution >= 4 is 5.69 Å². The maximum Gasteiger partial charge on any atom is 0.231 e. The lowest BCUT2D eigenvalue weighted by molar-refractivity contribution is 0.173. The van der Waals surface area contributed by atoms with E-state index in [4.69, 9.17) is 15.2 Å². The number of hydrogen-bond acceptors (Lipinski definition) is 4. The van der Waals surface area contributed by atoms with Crippen LogP contribution in [0.5, 0.6) is 11.5 Å². The van der Waals surface area contributed by atoms with Crippen LogP contribution in [0.4, 0.5) is 5.69 Å². The highest BCUT2D eigenvalue weighted by Crippen LogP contribution is 2.37. The van der Waals surface area contributed by atoms with E-state index < -0.39 is 0 Å². The number of ether oxygens (including phenoxy) is 2. The van der Waals surface area contributed by atoms with Crippen LogP contribution in [0.2, 0.25) is 0 Å². The first-order valence-corrected chi connectivity index (χ1v) is 5.08. The summed E-state index contributed by atoms with van der Waals surface area (Å²) in [5, 5.41) is 3.33. The first-order chi connectivity index (χ1) is 7.16. The molecule has 4 nitrogen and oxygen atoms in total. The molecule has 2 rings (SSSR count). The second-order valence-corrected chi connectivity index (χ2v) is 3.95. The van der Waals surface area contributed by atoms with Gasteiger partial charge in [0, 0.05) is 29.9 Å². The zero-order valence-corrected chi connectivity index (χ0v) is 9.04. The summed E-state index contributed by atoms with van der Waals surface area (Å²) in [6.07, 6.45) is 0. The van der Waals surface area contributed by atoms with Gasteiger partial charge in [0.1, 0.15) is 0 Å². The number of nitrogen functional groups attached to an aromatic ring is 1. The summed E-state index contributed by atoms with van der Waals surface area (Å²) in [6, 6.07) is 4.15. The first-order valence-electron chi connectivity index (χ1n) is 5.08. The van der Waals surface area contributed by atoms with Crippen LogP contribution < -0.4 is 20.5 Å². The summed E-state index contributed by atoms with van der Waals surface area (Å²) < 4.78 is 10.7. The van der Waals surface area contributed by atoms with E-state index in [2.05, 4.69) is 19.2 Å². The van der Waals surface area contributed by atoms with Gasteiger partial charge in [-0.25, -0.2) is 0 Å². The average Bonchev–Trinajstić information content (AvgIpc) is 2.61. The van der Waals surface area contributed by atoms with Crippen LogP contribution in [0.25, 0.3) is 0 Å². The predicted molar refractivity (Wildman–Crippen MR) is 59.0 cm³/mol. The number of nitrogens with two attached hydrogens (primary N) is 1. The van der Waals surface area contributed by atoms with Gasteiger partial charge in [-0.15, -0.1) is 0 Å². The molecule has 0 saturated carbocycles. The van der Waals surface area contributed by atoms with Gasteiger partial charge in [-0.2, -0.15) is 0 Å². The zero-order valence-electron chi connectivity index (χ0n) is 9.04. The van der Waals surface area contributed by atoms with Crippen molar-refractivity contribution in [1.29, 1.82) is 0 Å². The van der Waals surface area contributed by atoms with Crippen LogP contribution >= 0.6 is 0 Å². The Labute approximate surface area is 89.4 Å². The Kier molecular flexibility index (Phi) is 2.68. The van der Waals surface area contributed by atoms with Crippen molar-refractivity contribution in [1.82, 2.24) is 5.32 Å². The standard InChI is InChI=1S/C11H16N2O2/c1-7(2)13-5-8-3-9(12)4-10-11(8)15-6-14-10/h3-4,7,13H,5-6,12H2,1-2H3. The molecule has 3 N–H and O–H groups in total. The van der Waals surface area contributed by atoms with Crippen molar-refractivity contribution in [2.75, 3.05) is 12.5 Å². The fraction of sp³-hybridized carbons (Fsp3) is 0.455. The number of anilines is 1. The van der Waals surface area contributed by atoms with Crippen LogP contribution in [0, 0.1) is 0 Å². The molecular weight excluding hydrogens is 192 g/mol. The Morgan fingerprint density at radius 2 is 2.20 bits per heavy atom. The topological polar surface area (TPSA) is 56.5 Å². The molecule has 0 bridgehead atoms. The van der Waals surface area contributed by atoms with Crippen molar-refractivity contribution in [3.63, 3.8) is 0 Å². The molecule has 82 valence electrons. The van der Waals surface area contributed by atoms with Gasteiger partial charge < -0.3 is 20.5 Å². The van der Waals surface area contributed by atoms with E-state index in [1.807, 2.05) is 6.07 Å². The van der Waals surface area contributed by atoms with Crippen LogP contribution in [0.15, 0.2) is 12.1 Å². The number of fused-ring (bicyclic) bond motifs is 1. The largest absolute Gasteiger partial charge is 0.454 e. The van der Waals surface area contributed by atoms with E-state index in [0.717, 1.165) is 23.6 Å². The molecule has 1 aromatic rings. The van der Waals surface area contributed by atoms with Gasteiger partial charge in [0.05, 0.1) is 0 Å². The van der Waals surface area contributed by atoms with Crippen LogP contribution in [0.3, 0.4) is 0 Å². The normalized spacial score (nSPS) is 13.5. The molecule has 0 radical (unpaired) electrons. The Morgan fingerprint density at radius 3 is 2.93 bits per heavy atom. The summed E-state index contributed by atoms with van der Waals surface area (Å²) in [5.74, 6) is 1.56. The van der Waals surface area contributed by atoms with Crippen molar-refractivity contribution in [3.8, 4) is 11.5 Å². The van der Waals surface area contributed by atoms with E-state index in [1.54, 1.807) is 6.07 Å². The Morgan fingerprint density at radius 1 is 1.40 bits per heavy atom. The van der Waals surface area contributed by atoms with Crippen molar-refractivity contribution < 1.29 is 9.47 Å². The fourth-order valence-corrected chi connectivity index (χ4v) is 1.55. The van der Waals surface area contributed by atoms with Gasteiger partial charge in [0.25, 0.3) is 0 Å². The summed E-state index contributed by atoms with van der Waals surface area (Å²) in [5.41, 5.74) is 7.53. The summed E-state index contributed by atoms with van der Waals surface area (Å²) in [6.45, 7) is 5.23. The Hall–Kier alpha value is -1.42. The van der Waals surface area contributed by atoms with Gasteiger partial charge in [-0.3, -0.25) is 0 Å². The van der Waals surface area contributed by atoms with Crippen molar-refractivity contribution in [3.05, 3.63) is 17.7 Å². The molecule has 0 atom stereocenters. The molecule has 0 spiro atoms. The molecule has 1 aliphatic rings. The monoisotopic (exact) mass is 208 g/mol. The fourth-order valence-electron chi connectivity index (χ4n) is 1.55. The highest BCUT2D eigenvalue weighted by Gasteiger charge is 2.18. The van der Waals surface area contributed by atoms with Crippen LogP contribution in [-0.2, 0) is 6.54 Å². The molecular formula is C11H16N2O2. The van der Waals surface area contributed by atoms with E-state index >= 15 is 0 Å². The van der Waals surface area contributed by atoms with Crippen molar-refractivity contribution in [2.24, 2.45) is 0 Å². The zero-order chi connectivity index (χ0) is 10.8. The molecule has 1 aromatic carbocycles. The highest BCUT2D eigenvalue weighted by molar-refractivity contribution is 5.58. The maximum absolute atomic E-state index is 5.77. The molecule has 0 aromatic heterocycles. The molecule has 0 fully saturated rings. The molecule has 1 heterocycles. The van der Waals surface area contributed by atoms with Crippen LogP contribution in [-0.4, -0.2) is 12.8 Å². The smallest absolute Gasteiger partial charge is 0.231 e. The molecule has 0 aliphatic carbocycles. The quantitative estimate of drug-likeness (QED) is 0.739. The molecule has 0 amide bonds. The summed E-state index contributed by atoms with van der Waals surface area (Å²) >= 11 is 0. The number of hydrogen-bond donors (Lipinski definition) is 2. The number of rotatable bonds is 3. The van der Waals surface area contributed by atoms with Gasteiger partial charge in [-0.1, -0.05) is 13.8 Å². The summed E-state index contributed by atoms with van der Waals surface area (Å²) in [4.78, 5) is 0. The lowest BCUT2D eigenvalue weighted by atomic mass is 10.1. The third-order valence-corrected chi connectivity index (χ3v) is 2.27. The predicted octanol–water partition coefficient (Wildman–Crippen LogP) is 1.50. The molecule has 4 heteroatoms. The SMILES string of the molecule is CC(C)NCc1cc(N)cc2c1OCO2. The van der Waals surface area contributed by atoms with Gasteiger partial charge >= 0.3 is 0 Å². The maximum atomic E-state index is 5.77. The molecule has 15 heavy (non-hydrogen) atoms. The number of benzene rings is 1. The van der Waals surface area contributed by atoms with Crippen molar-refractivity contribution in [2.45, 2.75) is 26.4 Å². The minimum Gasteiger partial charge on any atom is -0.454 e. The molecule has 0 saturated heterocycles. The molecule has 0 unspecified atom stereocenters. The second kappa shape index (κ2) is 3.98. The second-order valence-electron chi connectivity index (χ2n) is 3.95. The molecule has 1 aliphatic heterocycles. The first kappa shape index (κ1) is 10.1. The third-order valence-electron chi connectivity index (χ3n) is 2.27. The van der Waals surface area contributed by atoms with Crippen LogP contribution in [0.1, 0.15) is 19.4 Å². The van der Waals surface area contributed by atoms with E-state index in [1.165, 1.54) is 0 Å². The highest BCUT2D eigenvalue weighted by atomic mass is 16.7.